The van der Waals surface area contributed by atoms with E-state index in [2.05, 4.69) is 19.9 Å². The Morgan fingerprint density at radius 2 is 2.32 bits per heavy atom. The summed E-state index contributed by atoms with van der Waals surface area (Å²) in [6.07, 6.45) is 3.87. The number of anilines is 1. The lowest BCUT2D eigenvalue weighted by molar-refractivity contribution is 0.208. The fraction of sp³-hybridized carbons (Fsp3) is 0.438. The van der Waals surface area contributed by atoms with Crippen molar-refractivity contribution in [1.29, 1.82) is 0 Å². The Balaban J connectivity index is 1.82. The number of hydrogen-bond acceptors (Lipinski definition) is 5. The Morgan fingerprint density at radius 3 is 3.00 bits per heavy atom. The third-order valence-corrected chi connectivity index (χ3v) is 3.99. The van der Waals surface area contributed by atoms with E-state index in [4.69, 9.17) is 0 Å². The average Bonchev–Trinajstić information content (AvgIpc) is 2.54. The Kier molecular flexibility index (Phi) is 4.20. The fourth-order valence-electron chi connectivity index (χ4n) is 2.85. The molecule has 3 heterocycles. The molecule has 0 aromatic carbocycles. The van der Waals surface area contributed by atoms with Crippen LogP contribution in [0.1, 0.15) is 18.5 Å². The van der Waals surface area contributed by atoms with Gasteiger partial charge in [0.1, 0.15) is 11.6 Å². The second-order valence-electron chi connectivity index (χ2n) is 5.78. The van der Waals surface area contributed by atoms with Crippen molar-refractivity contribution >= 4 is 5.82 Å². The Bertz CT molecular complexity index is 696. The van der Waals surface area contributed by atoms with Crippen LogP contribution in [0.5, 0.6) is 0 Å². The molecule has 2 aromatic rings. The van der Waals surface area contributed by atoms with Gasteiger partial charge in [0.25, 0.3) is 5.56 Å². The van der Waals surface area contributed by atoms with E-state index in [1.54, 1.807) is 13.1 Å². The van der Waals surface area contributed by atoms with Crippen molar-refractivity contribution in [2.75, 3.05) is 24.6 Å². The zero-order chi connectivity index (χ0) is 15.5. The van der Waals surface area contributed by atoms with E-state index in [0.29, 0.717) is 17.4 Å². The molecule has 3 rings (SSSR count). The first-order valence-electron chi connectivity index (χ1n) is 7.56. The number of nitrogens with zero attached hydrogens (tertiary/aromatic N) is 3. The molecule has 1 aliphatic heterocycles. The molecule has 2 N–H and O–H groups in total. The lowest BCUT2D eigenvalue weighted by Gasteiger charge is -2.32. The van der Waals surface area contributed by atoms with E-state index in [1.165, 1.54) is 6.07 Å². The molecular weight excluding hydrogens is 280 g/mol. The highest BCUT2D eigenvalue weighted by molar-refractivity contribution is 5.56. The summed E-state index contributed by atoms with van der Waals surface area (Å²) in [6, 6.07) is 5.33. The van der Waals surface area contributed by atoms with Gasteiger partial charge in [-0.1, -0.05) is 0 Å². The lowest BCUT2D eigenvalue weighted by atomic mass is 9.99. The van der Waals surface area contributed by atoms with Crippen LogP contribution >= 0.6 is 0 Å². The summed E-state index contributed by atoms with van der Waals surface area (Å²) in [5.74, 6) is 1.76. The van der Waals surface area contributed by atoms with Gasteiger partial charge in [0.2, 0.25) is 0 Å². The SMILES string of the molecule is Cc1cc(=O)[nH]c(-c2ccc(N3CCCC(CO)C3)nc2)n1. The maximum Gasteiger partial charge on any atom is 0.251 e. The molecule has 6 nitrogen and oxygen atoms in total. The predicted molar refractivity (Wildman–Crippen MR) is 84.8 cm³/mol. The van der Waals surface area contributed by atoms with Gasteiger partial charge in [0.15, 0.2) is 0 Å². The highest BCUT2D eigenvalue weighted by Gasteiger charge is 2.20. The number of aliphatic hydroxyl groups excluding tert-OH is 1. The number of aromatic nitrogens is 3. The molecular formula is C16H20N4O2. The lowest BCUT2D eigenvalue weighted by Crippen LogP contribution is -2.37. The first-order valence-corrected chi connectivity index (χ1v) is 7.56. The molecule has 0 amide bonds. The standard InChI is InChI=1S/C16H20N4O2/c1-11-7-15(22)19-16(18-11)13-4-5-14(17-8-13)20-6-2-3-12(9-20)10-21/h4-5,7-8,12,21H,2-3,6,9-10H2,1H3,(H,18,19,22). The summed E-state index contributed by atoms with van der Waals surface area (Å²) in [5.41, 5.74) is 1.32. The number of aryl methyl sites for hydroxylation is 1. The minimum absolute atomic E-state index is 0.159. The molecule has 116 valence electrons. The van der Waals surface area contributed by atoms with Crippen LogP contribution in [0.3, 0.4) is 0 Å². The second kappa shape index (κ2) is 6.27. The number of aromatic amines is 1. The van der Waals surface area contributed by atoms with Crippen LogP contribution in [0, 0.1) is 12.8 Å². The molecule has 1 unspecified atom stereocenters. The summed E-state index contributed by atoms with van der Waals surface area (Å²) in [5, 5.41) is 9.31. The van der Waals surface area contributed by atoms with Gasteiger partial charge < -0.3 is 15.0 Å². The molecule has 1 fully saturated rings. The van der Waals surface area contributed by atoms with Gasteiger partial charge in [-0.2, -0.15) is 0 Å². The van der Waals surface area contributed by atoms with Crippen molar-refractivity contribution in [3.8, 4) is 11.4 Å². The molecule has 22 heavy (non-hydrogen) atoms. The van der Waals surface area contributed by atoms with Crippen molar-refractivity contribution in [2.45, 2.75) is 19.8 Å². The molecule has 2 aromatic heterocycles. The normalized spacial score (nSPS) is 18.5. The molecule has 0 aliphatic carbocycles. The zero-order valence-corrected chi connectivity index (χ0v) is 12.6. The van der Waals surface area contributed by atoms with Gasteiger partial charge >= 0.3 is 0 Å². The molecule has 0 bridgehead atoms. The van der Waals surface area contributed by atoms with Gasteiger partial charge in [-0.15, -0.1) is 0 Å². The Hall–Kier alpha value is -2.21. The number of hydrogen-bond donors (Lipinski definition) is 2. The number of nitrogens with one attached hydrogen (secondary N) is 1. The second-order valence-corrected chi connectivity index (χ2v) is 5.78. The fourth-order valence-corrected chi connectivity index (χ4v) is 2.85. The predicted octanol–water partition coefficient (Wildman–Crippen LogP) is 1.35. The zero-order valence-electron chi connectivity index (χ0n) is 12.6. The summed E-state index contributed by atoms with van der Waals surface area (Å²) in [6.45, 7) is 3.82. The largest absolute Gasteiger partial charge is 0.396 e. The minimum Gasteiger partial charge on any atom is -0.396 e. The topological polar surface area (TPSA) is 82.1 Å². The number of rotatable bonds is 3. The van der Waals surface area contributed by atoms with Gasteiger partial charge in [-0.05, 0) is 37.8 Å². The minimum atomic E-state index is -0.159. The van der Waals surface area contributed by atoms with Crippen molar-refractivity contribution in [3.05, 3.63) is 40.4 Å². The number of H-pyrrole nitrogens is 1. The molecule has 6 heteroatoms. The van der Waals surface area contributed by atoms with Crippen LogP contribution in [-0.2, 0) is 0 Å². The van der Waals surface area contributed by atoms with E-state index in [0.717, 1.165) is 37.3 Å². The molecule has 0 radical (unpaired) electrons. The summed E-state index contributed by atoms with van der Waals surface area (Å²) in [7, 11) is 0. The van der Waals surface area contributed by atoms with E-state index in [1.807, 2.05) is 12.1 Å². The van der Waals surface area contributed by atoms with E-state index in [9.17, 15) is 9.90 Å². The Labute approximate surface area is 128 Å². The molecule has 0 spiro atoms. The van der Waals surface area contributed by atoms with Crippen molar-refractivity contribution in [1.82, 2.24) is 15.0 Å². The smallest absolute Gasteiger partial charge is 0.251 e. The van der Waals surface area contributed by atoms with Crippen LogP contribution in [0.25, 0.3) is 11.4 Å². The van der Waals surface area contributed by atoms with Gasteiger partial charge in [-0.25, -0.2) is 9.97 Å². The maximum absolute atomic E-state index is 11.5. The Morgan fingerprint density at radius 1 is 1.45 bits per heavy atom. The van der Waals surface area contributed by atoms with Crippen LogP contribution in [0.2, 0.25) is 0 Å². The van der Waals surface area contributed by atoms with Crippen LogP contribution in [-0.4, -0.2) is 39.8 Å². The number of pyridine rings is 1. The monoisotopic (exact) mass is 300 g/mol. The van der Waals surface area contributed by atoms with Crippen LogP contribution in [0.15, 0.2) is 29.2 Å². The molecule has 1 aliphatic rings. The quantitative estimate of drug-likeness (QED) is 0.894. The highest BCUT2D eigenvalue weighted by atomic mass is 16.3. The van der Waals surface area contributed by atoms with Crippen molar-refractivity contribution in [2.24, 2.45) is 5.92 Å². The van der Waals surface area contributed by atoms with E-state index >= 15 is 0 Å². The molecule has 0 saturated carbocycles. The summed E-state index contributed by atoms with van der Waals surface area (Å²) >= 11 is 0. The molecule has 1 atom stereocenters. The maximum atomic E-state index is 11.5. The van der Waals surface area contributed by atoms with E-state index < -0.39 is 0 Å². The third-order valence-electron chi connectivity index (χ3n) is 3.99. The summed E-state index contributed by atoms with van der Waals surface area (Å²) in [4.78, 5) is 25.3. The molecule has 1 saturated heterocycles. The summed E-state index contributed by atoms with van der Waals surface area (Å²) < 4.78 is 0. The van der Waals surface area contributed by atoms with Crippen LogP contribution in [0.4, 0.5) is 5.82 Å². The van der Waals surface area contributed by atoms with Crippen LogP contribution < -0.4 is 10.5 Å². The number of piperidine rings is 1. The van der Waals surface area contributed by atoms with Gasteiger partial charge in [0, 0.05) is 43.2 Å². The first kappa shape index (κ1) is 14.7. The van der Waals surface area contributed by atoms with E-state index in [-0.39, 0.29) is 12.2 Å². The van der Waals surface area contributed by atoms with Gasteiger partial charge in [-0.3, -0.25) is 4.79 Å². The third kappa shape index (κ3) is 3.17. The van der Waals surface area contributed by atoms with Crippen molar-refractivity contribution in [3.63, 3.8) is 0 Å². The van der Waals surface area contributed by atoms with Crippen molar-refractivity contribution < 1.29 is 5.11 Å². The number of aliphatic hydroxyl groups is 1. The highest BCUT2D eigenvalue weighted by Crippen LogP contribution is 2.23. The average molecular weight is 300 g/mol. The first-order chi connectivity index (χ1) is 10.7. The van der Waals surface area contributed by atoms with Gasteiger partial charge in [0.05, 0.1) is 0 Å².